The van der Waals surface area contributed by atoms with Crippen LogP contribution in [0.3, 0.4) is 0 Å². The highest BCUT2D eigenvalue weighted by atomic mass is 32.1. The molecule has 12 heteroatoms. The summed E-state index contributed by atoms with van der Waals surface area (Å²) in [4.78, 5) is 43.4. The van der Waals surface area contributed by atoms with Crippen molar-refractivity contribution in [3.05, 3.63) is 87.5 Å². The molecule has 1 N–H and O–H groups in total. The fourth-order valence-corrected chi connectivity index (χ4v) is 5.61. The lowest BCUT2D eigenvalue weighted by atomic mass is 9.95. The molecule has 0 spiro atoms. The van der Waals surface area contributed by atoms with Gasteiger partial charge in [0.15, 0.2) is 16.6 Å². The monoisotopic (exact) mass is 545 g/mol. The zero-order valence-electron chi connectivity index (χ0n) is 20.3. The summed E-state index contributed by atoms with van der Waals surface area (Å²) in [7, 11) is 1.54. The van der Waals surface area contributed by atoms with Gasteiger partial charge in [-0.1, -0.05) is 11.3 Å². The second-order valence-electron chi connectivity index (χ2n) is 8.71. The quantitative estimate of drug-likeness (QED) is 0.125. The molecule has 1 aromatic heterocycles. The molecule has 3 heterocycles. The Morgan fingerprint density at radius 1 is 1.08 bits per heavy atom. The van der Waals surface area contributed by atoms with Gasteiger partial charge in [0.1, 0.15) is 24.7 Å². The molecule has 0 aliphatic carbocycles. The van der Waals surface area contributed by atoms with Crippen molar-refractivity contribution in [1.29, 1.82) is 0 Å². The Bertz CT molecular complexity index is 1700. The topological polar surface area (TPSA) is 141 Å². The van der Waals surface area contributed by atoms with Crippen molar-refractivity contribution in [3.8, 4) is 17.2 Å². The average molecular weight is 546 g/mol. The molecule has 196 valence electrons. The number of anilines is 1. The zero-order valence-corrected chi connectivity index (χ0v) is 21.1. The van der Waals surface area contributed by atoms with Crippen molar-refractivity contribution in [1.82, 2.24) is 4.98 Å². The van der Waals surface area contributed by atoms with Crippen LogP contribution in [-0.4, -0.2) is 47.0 Å². The predicted molar refractivity (Wildman–Crippen MR) is 141 cm³/mol. The lowest BCUT2D eigenvalue weighted by Gasteiger charge is -2.23. The minimum Gasteiger partial charge on any atom is -0.507 e. The van der Waals surface area contributed by atoms with Crippen molar-refractivity contribution in [2.75, 3.05) is 25.2 Å². The standard InChI is InChI=1S/C27H19N3O8S/c1-36-17-7-8-18-21(13-17)39-27(28-18)29-23(14-2-5-16(6-3-14)30(34)35)22(25(32)26(29)33)24(31)15-4-9-19-20(12-15)38-11-10-37-19/h2-9,12-13,23,31H,10-11H2,1H3/b24-22-. The minimum absolute atomic E-state index is 0.158. The number of nitro groups is 1. The number of non-ortho nitro benzene ring substituents is 1. The van der Waals surface area contributed by atoms with Crippen LogP contribution < -0.4 is 19.1 Å². The Morgan fingerprint density at radius 3 is 2.54 bits per heavy atom. The van der Waals surface area contributed by atoms with E-state index >= 15 is 0 Å². The largest absolute Gasteiger partial charge is 0.507 e. The number of rotatable bonds is 5. The van der Waals surface area contributed by atoms with Crippen molar-refractivity contribution >= 4 is 49.8 Å². The van der Waals surface area contributed by atoms with E-state index in [2.05, 4.69) is 4.98 Å². The van der Waals surface area contributed by atoms with E-state index in [-0.39, 0.29) is 22.0 Å². The van der Waals surface area contributed by atoms with Crippen LogP contribution in [0.4, 0.5) is 10.8 Å². The molecule has 1 unspecified atom stereocenters. The van der Waals surface area contributed by atoms with Crippen LogP contribution in [-0.2, 0) is 9.59 Å². The first-order valence-electron chi connectivity index (χ1n) is 11.8. The highest BCUT2D eigenvalue weighted by Crippen LogP contribution is 2.45. The summed E-state index contributed by atoms with van der Waals surface area (Å²) in [5.41, 5.74) is 0.887. The summed E-state index contributed by atoms with van der Waals surface area (Å²) in [5.74, 6) is -0.725. The molecule has 1 fully saturated rings. The molecule has 4 aromatic rings. The highest BCUT2D eigenvalue weighted by molar-refractivity contribution is 7.22. The third-order valence-corrected chi connectivity index (χ3v) is 7.49. The molecule has 11 nitrogen and oxygen atoms in total. The maximum absolute atomic E-state index is 13.5. The molecule has 0 bridgehead atoms. The number of fused-ring (bicyclic) bond motifs is 2. The average Bonchev–Trinajstić information content (AvgIpc) is 3.49. The molecule has 1 saturated heterocycles. The van der Waals surface area contributed by atoms with E-state index in [1.54, 1.807) is 30.3 Å². The molecule has 0 saturated carbocycles. The number of ether oxygens (including phenoxy) is 3. The van der Waals surface area contributed by atoms with E-state index < -0.39 is 28.4 Å². The van der Waals surface area contributed by atoms with Crippen LogP contribution in [0.1, 0.15) is 17.2 Å². The second-order valence-corrected chi connectivity index (χ2v) is 9.72. The smallest absolute Gasteiger partial charge is 0.301 e. The van der Waals surface area contributed by atoms with Gasteiger partial charge >= 0.3 is 5.91 Å². The summed E-state index contributed by atoms with van der Waals surface area (Å²) in [5, 5.41) is 22.9. The van der Waals surface area contributed by atoms with Crippen molar-refractivity contribution in [3.63, 3.8) is 0 Å². The molecule has 1 amide bonds. The summed E-state index contributed by atoms with van der Waals surface area (Å²) in [6.07, 6.45) is 0. The Kier molecular flexibility index (Phi) is 5.88. The number of nitrogens with zero attached hydrogens (tertiary/aromatic N) is 3. The van der Waals surface area contributed by atoms with E-state index in [1.165, 1.54) is 53.7 Å². The molecule has 3 aromatic carbocycles. The van der Waals surface area contributed by atoms with Gasteiger partial charge < -0.3 is 19.3 Å². The zero-order chi connectivity index (χ0) is 27.3. The maximum Gasteiger partial charge on any atom is 0.301 e. The van der Waals surface area contributed by atoms with E-state index in [0.29, 0.717) is 41.5 Å². The number of amides is 1. The molecule has 2 aliphatic rings. The summed E-state index contributed by atoms with van der Waals surface area (Å²) in [6.45, 7) is 0.713. The molecule has 39 heavy (non-hydrogen) atoms. The van der Waals surface area contributed by atoms with Gasteiger partial charge in [0.2, 0.25) is 0 Å². The van der Waals surface area contributed by atoms with Gasteiger partial charge in [0.25, 0.3) is 11.5 Å². The van der Waals surface area contributed by atoms with E-state index in [1.807, 2.05) is 0 Å². The maximum atomic E-state index is 13.5. The van der Waals surface area contributed by atoms with E-state index in [9.17, 15) is 24.8 Å². The lowest BCUT2D eigenvalue weighted by Crippen LogP contribution is -2.29. The Morgan fingerprint density at radius 2 is 1.82 bits per heavy atom. The number of benzene rings is 3. The number of methoxy groups -OCH3 is 1. The van der Waals surface area contributed by atoms with E-state index in [4.69, 9.17) is 14.2 Å². The van der Waals surface area contributed by atoms with Crippen LogP contribution in [0.2, 0.25) is 0 Å². The Hall–Kier alpha value is -4.97. The number of ketones is 1. The van der Waals surface area contributed by atoms with Crippen molar-refractivity contribution in [2.24, 2.45) is 0 Å². The first-order chi connectivity index (χ1) is 18.9. The van der Waals surface area contributed by atoms with Gasteiger partial charge in [-0.25, -0.2) is 4.98 Å². The van der Waals surface area contributed by atoms with Gasteiger partial charge in [0, 0.05) is 17.7 Å². The number of carbonyl (C=O) groups is 2. The number of thiazole rings is 1. The van der Waals surface area contributed by atoms with Gasteiger partial charge in [-0.2, -0.15) is 0 Å². The molecule has 1 atom stereocenters. The van der Waals surface area contributed by atoms with Crippen LogP contribution in [0.5, 0.6) is 17.2 Å². The first-order valence-corrected chi connectivity index (χ1v) is 12.6. The van der Waals surface area contributed by atoms with Crippen LogP contribution >= 0.6 is 11.3 Å². The Labute approximate surface area is 224 Å². The summed E-state index contributed by atoms with van der Waals surface area (Å²) in [6, 6.07) is 14.3. The third-order valence-electron chi connectivity index (χ3n) is 6.47. The molecular weight excluding hydrogens is 526 g/mol. The number of nitro benzene ring substituents is 1. The normalized spacial score (nSPS) is 18.0. The van der Waals surface area contributed by atoms with Gasteiger partial charge in [-0.05, 0) is 54.1 Å². The fraction of sp³-hybridized carbons (Fsp3) is 0.148. The SMILES string of the molecule is COc1ccc2nc(N3C(=O)C(=O)/C(=C(\O)c4ccc5c(c4)OCCO5)C3c3ccc([N+](=O)[O-])cc3)sc2c1. The molecule has 2 aliphatic heterocycles. The van der Waals surface area contributed by atoms with E-state index in [0.717, 1.165) is 4.70 Å². The van der Waals surface area contributed by atoms with Gasteiger partial charge in [-0.3, -0.25) is 24.6 Å². The van der Waals surface area contributed by atoms with Crippen LogP contribution in [0.15, 0.2) is 66.2 Å². The summed E-state index contributed by atoms with van der Waals surface area (Å²) < 4.78 is 17.2. The number of aromatic nitrogens is 1. The van der Waals surface area contributed by atoms with Crippen LogP contribution in [0.25, 0.3) is 16.0 Å². The number of aliphatic hydroxyl groups is 1. The fourth-order valence-electron chi connectivity index (χ4n) is 4.59. The number of aliphatic hydroxyl groups excluding tert-OH is 1. The summed E-state index contributed by atoms with van der Waals surface area (Å²) >= 11 is 1.18. The van der Waals surface area contributed by atoms with Gasteiger partial charge in [0.05, 0.1) is 33.9 Å². The van der Waals surface area contributed by atoms with Gasteiger partial charge in [-0.15, -0.1) is 0 Å². The number of hydrogen-bond acceptors (Lipinski definition) is 10. The van der Waals surface area contributed by atoms with Crippen LogP contribution in [0, 0.1) is 10.1 Å². The highest BCUT2D eigenvalue weighted by Gasteiger charge is 2.48. The van der Waals surface area contributed by atoms with Crippen molar-refractivity contribution < 1.29 is 33.8 Å². The Balaban J connectivity index is 1.53. The number of Topliss-reactive ketones (excluding diaryl/α,β-unsaturated/α-hetero) is 1. The minimum atomic E-state index is -1.10. The number of carbonyl (C=O) groups excluding carboxylic acids is 2. The molecular formula is C27H19N3O8S. The lowest BCUT2D eigenvalue weighted by molar-refractivity contribution is -0.384. The number of hydrogen-bond donors (Lipinski definition) is 1. The predicted octanol–water partition coefficient (Wildman–Crippen LogP) is 4.61. The third kappa shape index (κ3) is 4.10. The second kappa shape index (κ2) is 9.40. The first kappa shape index (κ1) is 24.4. The molecule has 0 radical (unpaired) electrons. The molecule has 6 rings (SSSR count). The van der Waals surface area contributed by atoms with Crippen molar-refractivity contribution in [2.45, 2.75) is 6.04 Å².